The van der Waals surface area contributed by atoms with E-state index < -0.39 is 34.8 Å². The molecule has 2 aliphatic heterocycles. The van der Waals surface area contributed by atoms with E-state index in [4.69, 9.17) is 28.4 Å². The van der Waals surface area contributed by atoms with Crippen LogP contribution in [0.2, 0.25) is 0 Å². The Bertz CT molecular complexity index is 4680. The van der Waals surface area contributed by atoms with E-state index in [1.807, 2.05) is 67.6 Å². The van der Waals surface area contributed by atoms with E-state index in [0.29, 0.717) is 67.2 Å². The van der Waals surface area contributed by atoms with Crippen LogP contribution in [0.25, 0.3) is 0 Å². The van der Waals surface area contributed by atoms with Crippen molar-refractivity contribution >= 4 is 36.1 Å². The van der Waals surface area contributed by atoms with Gasteiger partial charge in [-0.15, -0.1) is 0 Å². The summed E-state index contributed by atoms with van der Waals surface area (Å²) >= 11 is 0. The van der Waals surface area contributed by atoms with E-state index in [-0.39, 0.29) is 132 Å². The molecule has 2 saturated heterocycles. The summed E-state index contributed by atoms with van der Waals surface area (Å²) in [5.41, 5.74) is 3.80. The molecule has 14 unspecified atom stereocenters. The van der Waals surface area contributed by atoms with Crippen molar-refractivity contribution in [2.45, 2.75) is 426 Å². The number of carboxylic acids is 1. The maximum absolute atomic E-state index is 13.8. The first-order valence-electron chi connectivity index (χ1n) is 57.3. The number of ether oxygens (including phenoxy) is 6. The summed E-state index contributed by atoms with van der Waals surface area (Å²) in [6.45, 7) is 50.3. The molecule has 15 heteroatoms. The van der Waals surface area contributed by atoms with Crippen LogP contribution in [0, 0.1) is 148 Å². The molecule has 0 bridgehead atoms. The zero-order valence-corrected chi connectivity index (χ0v) is 91.9. The maximum Gasteiger partial charge on any atom is 0.310 e. The topological polar surface area (TPSA) is 202 Å². The lowest BCUT2D eigenvalue weighted by Crippen LogP contribution is -2.67. The number of hydrogen-bond donors (Lipinski definition) is 3. The number of nitrogens with one attached hydrogen (secondary N) is 2. The molecule has 0 spiro atoms. The highest BCUT2D eigenvalue weighted by Gasteiger charge is 2.74. The van der Waals surface area contributed by atoms with Gasteiger partial charge in [-0.1, -0.05) is 299 Å². The van der Waals surface area contributed by atoms with Crippen LogP contribution >= 0.6 is 0 Å². The second-order valence-corrected chi connectivity index (χ2v) is 52.5. The van der Waals surface area contributed by atoms with Crippen molar-refractivity contribution in [2.24, 2.45) is 148 Å². The van der Waals surface area contributed by atoms with Gasteiger partial charge in [0.05, 0.1) is 40.7 Å². The van der Waals surface area contributed by atoms with Gasteiger partial charge in [0, 0.05) is 43.2 Å². The van der Waals surface area contributed by atoms with Gasteiger partial charge in [-0.3, -0.25) is 19.2 Å². The fourth-order valence-electron chi connectivity index (χ4n) is 33.6. The molecule has 0 radical (unpaired) electrons. The minimum absolute atomic E-state index is 0.000406. The van der Waals surface area contributed by atoms with Gasteiger partial charge in [0.15, 0.2) is 12.6 Å². The van der Waals surface area contributed by atoms with Crippen LogP contribution in [-0.2, 0) is 60.6 Å². The number of carboxylic acid groups (broad SMARTS) is 1. The first-order chi connectivity index (χ1) is 67.4. The summed E-state index contributed by atoms with van der Waals surface area (Å²) in [4.78, 5) is 80.9. The van der Waals surface area contributed by atoms with Crippen molar-refractivity contribution in [3.63, 3.8) is 0 Å². The molecule has 4 aromatic carbocycles. The van der Waals surface area contributed by atoms with Crippen molar-refractivity contribution in [1.82, 2.24) is 10.6 Å². The summed E-state index contributed by atoms with van der Waals surface area (Å²) in [5, 5.41) is 17.5. The Kier molecular flexibility index (Phi) is 34.3. The number of ketones is 1. The summed E-state index contributed by atoms with van der Waals surface area (Å²) < 4.78 is 39.8. The molecular weight excluding hydrogens is 1760 g/mol. The highest BCUT2D eigenvalue weighted by atomic mass is 16.7. The Labute approximate surface area is 857 Å². The molecule has 15 nitrogen and oxygen atoms in total. The second-order valence-electron chi connectivity index (χ2n) is 52.5. The van der Waals surface area contributed by atoms with Crippen molar-refractivity contribution in [3.05, 3.63) is 144 Å². The normalized spacial score (nSPS) is 39.4. The quantitative estimate of drug-likeness (QED) is 0.0166. The molecule has 3 N–H and O–H groups in total. The maximum atomic E-state index is 13.8. The number of rotatable bonds is 38. The number of carbonyl (C=O) groups excluding carboxylic acids is 5. The van der Waals surface area contributed by atoms with Gasteiger partial charge in [-0.2, -0.15) is 0 Å². The molecule has 784 valence electrons. The van der Waals surface area contributed by atoms with Crippen molar-refractivity contribution < 1.29 is 62.3 Å². The average molecular weight is 1950 g/mol. The molecule has 142 heavy (non-hydrogen) atoms. The van der Waals surface area contributed by atoms with Crippen molar-refractivity contribution in [2.75, 3.05) is 13.1 Å². The third-order valence-corrected chi connectivity index (χ3v) is 43.6. The van der Waals surface area contributed by atoms with Crippen LogP contribution in [-0.4, -0.2) is 91.3 Å². The Balaban J connectivity index is 0.000000214. The van der Waals surface area contributed by atoms with Gasteiger partial charge >= 0.3 is 5.97 Å². The predicted molar refractivity (Wildman–Crippen MR) is 571 cm³/mol. The van der Waals surface area contributed by atoms with Crippen LogP contribution in [0.5, 0.6) is 23.0 Å². The second kappa shape index (κ2) is 44.6. The lowest BCUT2D eigenvalue weighted by Gasteiger charge is -2.72. The highest BCUT2D eigenvalue weighted by molar-refractivity contribution is 5.84. The van der Waals surface area contributed by atoms with Crippen LogP contribution < -0.4 is 20.1 Å². The van der Waals surface area contributed by atoms with Gasteiger partial charge in [0.1, 0.15) is 41.4 Å². The number of hydrogen-bond acceptors (Lipinski definition) is 12. The Morgan fingerprint density at radius 3 is 1.10 bits per heavy atom. The summed E-state index contributed by atoms with van der Waals surface area (Å²) in [7, 11) is 0. The number of aliphatic carboxylic acids is 1. The third-order valence-electron chi connectivity index (χ3n) is 43.6. The molecule has 4 aromatic rings. The van der Waals surface area contributed by atoms with Crippen LogP contribution in [0.15, 0.2) is 132 Å². The number of fused-ring (bicyclic) bond motifs is 14. The van der Waals surface area contributed by atoms with Crippen LogP contribution in [0.4, 0.5) is 0 Å². The lowest BCUT2D eigenvalue weighted by molar-refractivity contribution is -0.293. The smallest absolute Gasteiger partial charge is 0.310 e. The number of aryl methyl sites for hydroxylation is 2. The first kappa shape index (κ1) is 109. The Morgan fingerprint density at radius 1 is 0.387 bits per heavy atom. The zero-order chi connectivity index (χ0) is 102. The zero-order valence-electron chi connectivity index (χ0n) is 91.9. The number of Topliss-reactive ketones (excluding diaryl/α,β-unsaturated/α-hetero) is 1. The van der Waals surface area contributed by atoms with E-state index >= 15 is 0 Å². The van der Waals surface area contributed by atoms with Gasteiger partial charge in [0.2, 0.25) is 11.8 Å². The molecule has 30 atom stereocenters. The summed E-state index contributed by atoms with van der Waals surface area (Å²) in [6, 6.07) is 36.8. The number of benzene rings is 4. The Morgan fingerprint density at radius 2 is 0.732 bits per heavy atom. The number of unbranched alkanes of at least 4 members (excludes halogenated alkanes) is 14. The molecule has 2 heterocycles. The first-order valence-corrected chi connectivity index (χ1v) is 57.3. The van der Waals surface area contributed by atoms with Gasteiger partial charge in [0.25, 0.3) is 0 Å². The Hall–Kier alpha value is -6.78. The van der Waals surface area contributed by atoms with E-state index in [1.165, 1.54) is 106 Å². The highest BCUT2D eigenvalue weighted by Crippen LogP contribution is 2.80. The summed E-state index contributed by atoms with van der Waals surface area (Å²) in [6.07, 6.45) is 45.6. The number of amides is 2. The molecule has 10 fully saturated rings. The largest absolute Gasteiger partial charge is 0.481 e. The van der Waals surface area contributed by atoms with Crippen LogP contribution in [0.3, 0.4) is 0 Å². The average Bonchev–Trinajstić information content (AvgIpc) is 0.672. The summed E-state index contributed by atoms with van der Waals surface area (Å²) in [5.74, 6) is 7.02. The SMILES string of the molecule is CC(=O)[C@]12CCC(C)(C)CC1C1=CCC3C4(C)CC[C@H](O[C@@H]5OC(CNC(=O)CCCCCCCCCCc6ccc(Oc7ccccc7)cc6)[C@@H](C)[C@H](C)C5C)C(C)(C=O)[C@@H]4CC[C@@]3(C)[C@]1(C)CC2C.CC1[C@H](O[C@H]2CCC3(C)C4CC=C5C6CC(C)(C)CC[C@]6(C(=O)O)C(C)C[C@@]5(C)[C@]4(C)CC[C@H]3C2(C)C=O)OC(CNC(=O)CCCCCCCCCCc2ccc(Oc3ccccc3)cc2)[C@@H](C)[C@@H]1C. The fraction of sp³-hybridized carbons (Fsp3) is 0.732. The van der Waals surface area contributed by atoms with Gasteiger partial charge < -0.3 is 53.8 Å². The molecular formula is C127H188N2O13. The van der Waals surface area contributed by atoms with Crippen LogP contribution in [0.1, 0.15) is 388 Å². The minimum atomic E-state index is -0.688. The lowest BCUT2D eigenvalue weighted by atomic mass is 9.32. The fourth-order valence-corrected chi connectivity index (χ4v) is 33.6. The molecule has 10 aliphatic carbocycles. The van der Waals surface area contributed by atoms with E-state index in [2.05, 4.69) is 210 Å². The van der Waals surface area contributed by atoms with Gasteiger partial charge in [-0.05, 0) is 335 Å². The third kappa shape index (κ3) is 21.5. The molecule has 12 aliphatic rings. The molecule has 0 aromatic heterocycles. The molecule has 8 saturated carbocycles. The number of aldehydes is 2. The minimum Gasteiger partial charge on any atom is -0.481 e. The van der Waals surface area contributed by atoms with E-state index in [0.717, 1.165) is 177 Å². The van der Waals surface area contributed by atoms with E-state index in [9.17, 15) is 33.9 Å². The van der Waals surface area contributed by atoms with Crippen molar-refractivity contribution in [3.8, 4) is 23.0 Å². The van der Waals surface area contributed by atoms with E-state index in [1.54, 1.807) is 5.57 Å². The standard InChI is InChI=1S/C64H95NO6.C63H93NO7/c1-43-39-63(11)51(52-40-59(6,7)37-38-64(43,52)47(5)67)31-32-55-60(8)35-34-56(61(9,42-66)54(60)33-36-62(55,63)10)71-58-46(4)44(2)45(3)53(70-58)41-65-57(68)26-22-17-15-13-12-14-16-19-23-48-27-29-50(30-28-48)69-49-24-20-18-21-25-49;1-42-38-62(10)49(50-39-58(5,6)36-37-63(42,50)57(67)68)30-31-53-59(7)34-33-54(60(8,41-65)52(59)32-35-61(53,62)9)71-56-45(4)43(2)44(3)51(70-56)40-64-55(66)25-21-16-14-12-11-13-15-18-22-46-26-28-48(29-27-46)69-47-23-19-17-20-24-47/h18,20-21,24-25,27-31,42-46,52-56,58H,12-17,19,22-23,26,32-41H2,1-11H3,(H,65,68);17,19-20,23-24,26-30,41-45,50-54,56H,11-16,18,21-22,25,31-40H2,1-10H3,(H,64,66)(H,67,68)/t43?,44-,45-,46?,52?,53?,54+,55?,56-,58-,60?,61?,62+,63+,64+;42?,43-,44-,45?,50?,51?,52+,53?,54-,56-,59?,60?,61+,62+,63-/m00/s1. The van der Waals surface area contributed by atoms with Gasteiger partial charge in [-0.25, -0.2) is 0 Å². The molecule has 2 amide bonds. The monoisotopic (exact) mass is 1950 g/mol. The van der Waals surface area contributed by atoms with Crippen molar-refractivity contribution in [1.29, 1.82) is 0 Å². The number of carbonyl (C=O) groups is 6. The molecule has 16 rings (SSSR count). The number of para-hydroxylation sites is 2. The predicted octanol–water partition coefficient (Wildman–Crippen LogP) is 30.5. The number of allylic oxidation sites excluding steroid dienone is 4.